The molecule has 0 bridgehead atoms. The Labute approximate surface area is 182 Å². The highest BCUT2D eigenvalue weighted by Crippen LogP contribution is 2.58. The van der Waals surface area contributed by atoms with Gasteiger partial charge in [0.2, 0.25) is 5.91 Å². The van der Waals surface area contributed by atoms with Crippen LogP contribution in [0.4, 0.5) is 8.78 Å². The molecule has 2 fully saturated rings. The second kappa shape index (κ2) is 8.88. The Balaban J connectivity index is 1.65. The molecule has 3 aliphatic heterocycles. The maximum absolute atomic E-state index is 14.1. The van der Waals surface area contributed by atoms with E-state index in [-0.39, 0.29) is 18.8 Å². The highest BCUT2D eigenvalue weighted by molar-refractivity contribution is 7.48. The number of hydrogen-bond acceptors (Lipinski definition) is 10. The van der Waals surface area contributed by atoms with Crippen molar-refractivity contribution in [2.45, 2.75) is 69.6 Å². The Morgan fingerprint density at radius 2 is 2.12 bits per heavy atom. The molecule has 1 amide bonds. The third kappa shape index (κ3) is 5.41. The van der Waals surface area contributed by atoms with Gasteiger partial charge in [0.1, 0.15) is 25.2 Å². The van der Waals surface area contributed by atoms with Crippen LogP contribution >= 0.6 is 7.82 Å². The minimum atomic E-state index is -4.49. The minimum Gasteiger partial charge on any atom is -0.463 e. The van der Waals surface area contributed by atoms with Gasteiger partial charge in [-0.1, -0.05) is 0 Å². The third-order valence-electron chi connectivity index (χ3n) is 4.92. The number of fused-ring (bicyclic) bond motifs is 1. The van der Waals surface area contributed by atoms with E-state index in [1.54, 1.807) is 0 Å². The number of ketones is 1. The fourth-order valence-electron chi connectivity index (χ4n) is 3.49. The predicted octanol–water partition coefficient (Wildman–Crippen LogP) is 1.26. The van der Waals surface area contributed by atoms with Crippen molar-refractivity contribution in [2.24, 2.45) is 5.73 Å². The SMILES string of the molecule is CC(C)OC(=O)CC(F)(F)CO[P@@]1(=O)OC[C@H]2O[C@@H](N3C=CC(=O)CC3=O)[C@](C)(N)[C@@H]2O1. The van der Waals surface area contributed by atoms with Gasteiger partial charge in [-0.05, 0) is 26.8 Å². The molecular weight excluding hydrogens is 457 g/mol. The fourth-order valence-corrected chi connectivity index (χ4v) is 5.01. The van der Waals surface area contributed by atoms with Gasteiger partial charge in [-0.15, -0.1) is 0 Å². The molecule has 3 heterocycles. The molecule has 32 heavy (non-hydrogen) atoms. The maximum atomic E-state index is 14.1. The molecule has 3 rings (SSSR count). The monoisotopic (exact) mass is 482 g/mol. The normalized spacial score (nSPS) is 35.3. The lowest BCUT2D eigenvalue weighted by atomic mass is 9.92. The van der Waals surface area contributed by atoms with Gasteiger partial charge in [-0.2, -0.15) is 0 Å². The topological polar surface area (TPSA) is 144 Å². The summed E-state index contributed by atoms with van der Waals surface area (Å²) in [5, 5.41) is 0. The first-order valence-corrected chi connectivity index (χ1v) is 11.3. The Morgan fingerprint density at radius 3 is 2.75 bits per heavy atom. The molecule has 3 aliphatic rings. The number of phosphoric ester groups is 1. The maximum Gasteiger partial charge on any atom is 0.475 e. The van der Waals surface area contributed by atoms with E-state index in [9.17, 15) is 27.7 Å². The quantitative estimate of drug-likeness (QED) is 0.320. The van der Waals surface area contributed by atoms with Crippen molar-refractivity contribution in [1.29, 1.82) is 0 Å². The Hall–Kier alpha value is -1.76. The van der Waals surface area contributed by atoms with E-state index in [1.807, 2.05) is 0 Å². The van der Waals surface area contributed by atoms with E-state index in [4.69, 9.17) is 24.0 Å². The van der Waals surface area contributed by atoms with Gasteiger partial charge < -0.3 is 15.2 Å². The van der Waals surface area contributed by atoms with Crippen LogP contribution < -0.4 is 5.73 Å². The average molecular weight is 482 g/mol. The van der Waals surface area contributed by atoms with Crippen LogP contribution in [-0.2, 0) is 42.0 Å². The molecule has 0 spiro atoms. The van der Waals surface area contributed by atoms with Crippen LogP contribution in [-0.4, -0.2) is 71.8 Å². The summed E-state index contributed by atoms with van der Waals surface area (Å²) in [7, 11) is -4.49. The molecule has 0 aromatic rings. The van der Waals surface area contributed by atoms with E-state index in [0.29, 0.717) is 0 Å². The number of halogens is 2. The van der Waals surface area contributed by atoms with Crippen LogP contribution in [0.2, 0.25) is 0 Å². The summed E-state index contributed by atoms with van der Waals surface area (Å²) in [5.41, 5.74) is 4.87. The molecule has 5 atom stereocenters. The molecule has 2 N–H and O–H groups in total. The summed E-state index contributed by atoms with van der Waals surface area (Å²) in [6, 6.07) is 0. The summed E-state index contributed by atoms with van der Waals surface area (Å²) in [6.45, 7) is 2.70. The zero-order chi connectivity index (χ0) is 23.9. The van der Waals surface area contributed by atoms with Gasteiger partial charge in [0.25, 0.3) is 5.92 Å². The molecule has 11 nitrogen and oxygen atoms in total. The van der Waals surface area contributed by atoms with Gasteiger partial charge in [0.15, 0.2) is 12.0 Å². The largest absolute Gasteiger partial charge is 0.475 e. The lowest BCUT2D eigenvalue weighted by Gasteiger charge is -2.38. The summed E-state index contributed by atoms with van der Waals surface area (Å²) in [5.74, 6) is -5.76. The van der Waals surface area contributed by atoms with Gasteiger partial charge >= 0.3 is 13.8 Å². The number of carbonyl (C=O) groups excluding carboxylic acids is 3. The first-order valence-electron chi connectivity index (χ1n) is 9.84. The average Bonchev–Trinajstić information content (AvgIpc) is 2.90. The number of rotatable bonds is 7. The van der Waals surface area contributed by atoms with Gasteiger partial charge in [-0.3, -0.25) is 32.9 Å². The zero-order valence-corrected chi connectivity index (χ0v) is 18.6. The lowest BCUT2D eigenvalue weighted by Crippen LogP contribution is -2.60. The number of hydrogen-bond donors (Lipinski definition) is 1. The summed E-state index contributed by atoms with van der Waals surface area (Å²) >= 11 is 0. The van der Waals surface area contributed by atoms with Gasteiger partial charge in [-0.25, -0.2) is 13.3 Å². The van der Waals surface area contributed by atoms with Crippen molar-refractivity contribution in [1.82, 2.24) is 4.90 Å². The van der Waals surface area contributed by atoms with Crippen molar-refractivity contribution >= 4 is 25.5 Å². The third-order valence-corrected chi connectivity index (χ3v) is 6.31. The lowest BCUT2D eigenvalue weighted by molar-refractivity contribution is -0.158. The van der Waals surface area contributed by atoms with Crippen molar-refractivity contribution in [3.8, 4) is 0 Å². The Bertz CT molecular complexity index is 863. The van der Waals surface area contributed by atoms with Crippen molar-refractivity contribution < 1.29 is 50.8 Å². The van der Waals surface area contributed by atoms with Crippen LogP contribution in [0.25, 0.3) is 0 Å². The van der Waals surface area contributed by atoms with E-state index < -0.39 is 68.7 Å². The molecule has 0 unspecified atom stereocenters. The second-order valence-electron chi connectivity index (χ2n) is 8.27. The molecule has 14 heteroatoms. The molecular formula is C18H25F2N2O9P. The zero-order valence-electron chi connectivity index (χ0n) is 17.7. The molecule has 180 valence electrons. The number of amides is 1. The van der Waals surface area contributed by atoms with Gasteiger partial charge in [0, 0.05) is 6.20 Å². The van der Waals surface area contributed by atoms with Crippen molar-refractivity contribution in [2.75, 3.05) is 13.2 Å². The number of nitrogens with two attached hydrogens (primary N) is 1. The van der Waals surface area contributed by atoms with E-state index in [1.165, 1.54) is 33.0 Å². The van der Waals surface area contributed by atoms with Crippen molar-refractivity contribution in [3.05, 3.63) is 12.3 Å². The first-order chi connectivity index (χ1) is 14.7. The number of alkyl halides is 2. The Kier molecular flexibility index (Phi) is 6.90. The number of phosphoric acid groups is 1. The molecule has 0 aromatic heterocycles. The van der Waals surface area contributed by atoms with E-state index >= 15 is 0 Å². The first kappa shape index (κ1) is 24.9. The molecule has 2 saturated heterocycles. The van der Waals surface area contributed by atoms with Gasteiger partial charge in [0.05, 0.1) is 24.7 Å². The highest BCUT2D eigenvalue weighted by atomic mass is 31.2. The van der Waals surface area contributed by atoms with Crippen LogP contribution in [0.3, 0.4) is 0 Å². The molecule has 0 aliphatic carbocycles. The second-order valence-corrected chi connectivity index (χ2v) is 9.89. The molecule has 0 saturated carbocycles. The van der Waals surface area contributed by atoms with Crippen LogP contribution in [0.1, 0.15) is 33.6 Å². The minimum absolute atomic E-state index is 0.364. The standard InChI is InChI=1S/C18H25F2N2O9P/c1-10(2)29-14(25)7-18(19,20)9-28-32(26)27-8-12-15(31-32)17(3,21)16(30-12)22-5-4-11(23)6-13(22)24/h4-5,10,12,15-16H,6-9,21H2,1-3H3/t12-,15-,16-,17-,32-/m1/s1. The number of allylic oxidation sites excluding steroid dienone is 1. The summed E-state index contributed by atoms with van der Waals surface area (Å²) in [6.07, 6.45) is -2.89. The van der Waals surface area contributed by atoms with E-state index in [2.05, 4.69) is 4.74 Å². The summed E-state index contributed by atoms with van der Waals surface area (Å²) < 4.78 is 66.5. The molecule has 0 aromatic carbocycles. The fraction of sp³-hybridized carbons (Fsp3) is 0.722. The number of esters is 1. The summed E-state index contributed by atoms with van der Waals surface area (Å²) in [4.78, 5) is 36.3. The Morgan fingerprint density at radius 1 is 1.44 bits per heavy atom. The predicted molar refractivity (Wildman–Crippen MR) is 102 cm³/mol. The van der Waals surface area contributed by atoms with Crippen molar-refractivity contribution in [3.63, 3.8) is 0 Å². The van der Waals surface area contributed by atoms with Crippen LogP contribution in [0.5, 0.6) is 0 Å². The number of carbonyl (C=O) groups is 3. The van der Waals surface area contributed by atoms with Crippen LogP contribution in [0.15, 0.2) is 12.3 Å². The van der Waals surface area contributed by atoms with E-state index in [0.717, 1.165) is 4.90 Å². The molecule has 0 radical (unpaired) electrons. The number of nitrogens with zero attached hydrogens (tertiary/aromatic N) is 1. The highest BCUT2D eigenvalue weighted by Gasteiger charge is 2.60. The van der Waals surface area contributed by atoms with Crippen LogP contribution in [0, 0.1) is 0 Å². The smallest absolute Gasteiger partial charge is 0.463 e. The number of ether oxygens (including phenoxy) is 2.